The number of benzene rings is 1. The third-order valence-electron chi connectivity index (χ3n) is 4.01. The molecule has 1 unspecified atom stereocenters. The van der Waals surface area contributed by atoms with Crippen molar-refractivity contribution in [3.8, 4) is 0 Å². The summed E-state index contributed by atoms with van der Waals surface area (Å²) in [4.78, 5) is 6.47. The molecule has 0 aliphatic rings. The van der Waals surface area contributed by atoms with Crippen LogP contribution < -0.4 is 10.6 Å². The predicted molar refractivity (Wildman–Crippen MR) is 104 cm³/mol. The highest BCUT2D eigenvalue weighted by Gasteiger charge is 2.16. The second kappa shape index (κ2) is 9.44. The summed E-state index contributed by atoms with van der Waals surface area (Å²) in [6.45, 7) is 1.54. The molecule has 2 N–H and O–H groups in total. The maximum atomic E-state index is 6.02. The van der Waals surface area contributed by atoms with Crippen molar-refractivity contribution in [2.45, 2.75) is 12.5 Å². The number of aliphatic imine (C=N–C) groups is 1. The van der Waals surface area contributed by atoms with Crippen LogP contribution in [0.5, 0.6) is 0 Å². The number of aromatic nitrogens is 2. The summed E-state index contributed by atoms with van der Waals surface area (Å²) in [6, 6.07) is 8.15. The molecule has 0 aliphatic carbocycles. The van der Waals surface area contributed by atoms with Gasteiger partial charge in [0.1, 0.15) is 0 Å². The number of nitrogens with zero attached hydrogens (tertiary/aromatic N) is 4. The van der Waals surface area contributed by atoms with Crippen LogP contribution in [0.1, 0.15) is 17.2 Å². The van der Waals surface area contributed by atoms with Gasteiger partial charge in [0.15, 0.2) is 5.96 Å². The molecular formula is C18H27ClN6. The van der Waals surface area contributed by atoms with Crippen molar-refractivity contribution in [3.05, 3.63) is 52.8 Å². The van der Waals surface area contributed by atoms with E-state index in [0.717, 1.165) is 30.5 Å². The van der Waals surface area contributed by atoms with Crippen molar-refractivity contribution < 1.29 is 0 Å². The van der Waals surface area contributed by atoms with Crippen molar-refractivity contribution in [1.29, 1.82) is 0 Å². The first-order valence-corrected chi connectivity index (χ1v) is 8.71. The minimum Gasteiger partial charge on any atom is -0.356 e. The Morgan fingerprint density at radius 2 is 2.16 bits per heavy atom. The lowest BCUT2D eigenvalue weighted by Crippen LogP contribution is -2.42. The van der Waals surface area contributed by atoms with Crippen molar-refractivity contribution in [3.63, 3.8) is 0 Å². The van der Waals surface area contributed by atoms with Gasteiger partial charge in [-0.25, -0.2) is 0 Å². The first kappa shape index (κ1) is 19.3. The Morgan fingerprint density at radius 3 is 2.76 bits per heavy atom. The standard InChI is InChI=1S/C18H27ClN6/c1-20-18(21-9-8-14-6-5-7-16(19)10-14)22-12-17(24(2)3)15-11-23-25(4)13-15/h5-7,10-11,13,17H,8-9,12H2,1-4H3,(H2,20,21,22). The molecule has 0 saturated heterocycles. The van der Waals surface area contributed by atoms with E-state index in [-0.39, 0.29) is 6.04 Å². The minimum atomic E-state index is 0.222. The van der Waals surface area contributed by atoms with Crippen LogP contribution in [-0.2, 0) is 13.5 Å². The summed E-state index contributed by atoms with van der Waals surface area (Å²) in [7, 11) is 7.84. The summed E-state index contributed by atoms with van der Waals surface area (Å²) in [5, 5.41) is 11.8. The van der Waals surface area contributed by atoms with Gasteiger partial charge in [-0.05, 0) is 38.2 Å². The van der Waals surface area contributed by atoms with Crippen molar-refractivity contribution in [1.82, 2.24) is 25.3 Å². The number of hydrogen-bond donors (Lipinski definition) is 2. The van der Waals surface area contributed by atoms with E-state index in [4.69, 9.17) is 11.6 Å². The Labute approximate surface area is 154 Å². The number of likely N-dealkylation sites (N-methyl/N-ethyl adjacent to an activating group) is 1. The van der Waals surface area contributed by atoms with E-state index >= 15 is 0 Å². The number of halogens is 1. The van der Waals surface area contributed by atoms with Crippen LogP contribution >= 0.6 is 11.6 Å². The van der Waals surface area contributed by atoms with Crippen LogP contribution in [0.3, 0.4) is 0 Å². The molecule has 1 aromatic heterocycles. The Bertz CT molecular complexity index is 694. The molecule has 25 heavy (non-hydrogen) atoms. The molecule has 7 heteroatoms. The first-order chi connectivity index (χ1) is 12.0. The molecule has 0 aliphatic heterocycles. The fourth-order valence-corrected chi connectivity index (χ4v) is 2.86. The molecule has 0 bridgehead atoms. The molecule has 1 aromatic carbocycles. The Balaban J connectivity index is 1.84. The number of guanidine groups is 1. The molecule has 0 saturated carbocycles. The topological polar surface area (TPSA) is 57.5 Å². The number of nitrogens with one attached hydrogen (secondary N) is 2. The summed E-state index contributed by atoms with van der Waals surface area (Å²) < 4.78 is 1.82. The first-order valence-electron chi connectivity index (χ1n) is 8.33. The Hall–Kier alpha value is -2.05. The zero-order chi connectivity index (χ0) is 18.2. The van der Waals surface area contributed by atoms with E-state index in [1.807, 2.05) is 42.3 Å². The largest absolute Gasteiger partial charge is 0.356 e. The van der Waals surface area contributed by atoms with Gasteiger partial charge >= 0.3 is 0 Å². The Morgan fingerprint density at radius 1 is 1.36 bits per heavy atom. The maximum absolute atomic E-state index is 6.02. The van der Waals surface area contributed by atoms with Crippen LogP contribution in [-0.4, -0.2) is 54.9 Å². The summed E-state index contributed by atoms with van der Waals surface area (Å²) in [6.07, 6.45) is 4.84. The maximum Gasteiger partial charge on any atom is 0.191 e. The van der Waals surface area contributed by atoms with Crippen molar-refractivity contribution in [2.75, 3.05) is 34.2 Å². The molecule has 0 radical (unpaired) electrons. The normalized spacial score (nSPS) is 13.1. The highest BCUT2D eigenvalue weighted by atomic mass is 35.5. The number of rotatable bonds is 7. The van der Waals surface area contributed by atoms with Gasteiger partial charge in [-0.3, -0.25) is 9.67 Å². The number of hydrogen-bond acceptors (Lipinski definition) is 3. The summed E-state index contributed by atoms with van der Waals surface area (Å²) in [5.74, 6) is 0.790. The van der Waals surface area contributed by atoms with E-state index in [2.05, 4.69) is 45.8 Å². The lowest BCUT2D eigenvalue weighted by Gasteiger charge is -2.24. The monoisotopic (exact) mass is 362 g/mol. The fourth-order valence-electron chi connectivity index (χ4n) is 2.64. The zero-order valence-corrected chi connectivity index (χ0v) is 16.1. The van der Waals surface area contributed by atoms with Crippen molar-refractivity contribution >= 4 is 17.6 Å². The lowest BCUT2D eigenvalue weighted by atomic mass is 10.1. The van der Waals surface area contributed by atoms with E-state index in [9.17, 15) is 0 Å². The fraction of sp³-hybridized carbons (Fsp3) is 0.444. The van der Waals surface area contributed by atoms with Gasteiger partial charge in [-0.2, -0.15) is 5.10 Å². The van der Waals surface area contributed by atoms with Gasteiger partial charge in [0, 0.05) is 44.0 Å². The average Bonchev–Trinajstić information content (AvgIpc) is 2.99. The van der Waals surface area contributed by atoms with Gasteiger partial charge in [0.25, 0.3) is 0 Å². The molecule has 0 amide bonds. The number of aryl methyl sites for hydroxylation is 1. The van der Waals surface area contributed by atoms with E-state index in [1.54, 1.807) is 7.05 Å². The molecule has 2 aromatic rings. The summed E-state index contributed by atoms with van der Waals surface area (Å²) >= 11 is 6.02. The molecular weight excluding hydrogens is 336 g/mol. The van der Waals surface area contributed by atoms with E-state index in [1.165, 1.54) is 11.1 Å². The third-order valence-corrected chi connectivity index (χ3v) is 4.25. The van der Waals surface area contributed by atoms with E-state index in [0.29, 0.717) is 0 Å². The van der Waals surface area contributed by atoms with Crippen LogP contribution in [0.15, 0.2) is 41.7 Å². The zero-order valence-electron chi connectivity index (χ0n) is 15.3. The summed E-state index contributed by atoms with van der Waals surface area (Å²) in [5.41, 5.74) is 2.38. The van der Waals surface area contributed by atoms with Crippen molar-refractivity contribution in [2.24, 2.45) is 12.0 Å². The SMILES string of the molecule is CN=C(NCCc1cccc(Cl)c1)NCC(c1cnn(C)c1)N(C)C. The van der Waals surface area contributed by atoms with Gasteiger partial charge in [-0.1, -0.05) is 23.7 Å². The van der Waals surface area contributed by atoms with Gasteiger partial charge in [0.05, 0.1) is 12.2 Å². The van der Waals surface area contributed by atoms with Crippen LogP contribution in [0, 0.1) is 0 Å². The van der Waals surface area contributed by atoms with Crippen LogP contribution in [0.2, 0.25) is 5.02 Å². The lowest BCUT2D eigenvalue weighted by molar-refractivity contribution is 0.298. The highest BCUT2D eigenvalue weighted by molar-refractivity contribution is 6.30. The molecule has 2 rings (SSSR count). The quantitative estimate of drug-likeness (QED) is 0.585. The molecule has 6 nitrogen and oxygen atoms in total. The minimum absolute atomic E-state index is 0.222. The van der Waals surface area contributed by atoms with Crippen LogP contribution in [0.25, 0.3) is 0 Å². The van der Waals surface area contributed by atoms with E-state index < -0.39 is 0 Å². The average molecular weight is 363 g/mol. The van der Waals surface area contributed by atoms with Gasteiger partial charge in [0.2, 0.25) is 0 Å². The molecule has 1 heterocycles. The second-order valence-electron chi connectivity index (χ2n) is 6.19. The third kappa shape index (κ3) is 6.07. The molecule has 136 valence electrons. The van der Waals surface area contributed by atoms with Gasteiger partial charge in [-0.15, -0.1) is 0 Å². The molecule has 1 atom stereocenters. The predicted octanol–water partition coefficient (Wildman–Crippen LogP) is 2.08. The molecule has 0 spiro atoms. The van der Waals surface area contributed by atoms with Gasteiger partial charge < -0.3 is 15.5 Å². The van der Waals surface area contributed by atoms with Crippen LogP contribution in [0.4, 0.5) is 0 Å². The molecule has 0 fully saturated rings. The second-order valence-corrected chi connectivity index (χ2v) is 6.62. The smallest absolute Gasteiger partial charge is 0.191 e. The Kier molecular flexibility index (Phi) is 7.28. The highest BCUT2D eigenvalue weighted by Crippen LogP contribution is 2.16.